The molecule has 2 heterocycles. The molecule has 126 valence electrons. The van der Waals surface area contributed by atoms with Gasteiger partial charge in [-0.25, -0.2) is 13.8 Å². The number of aromatic nitrogens is 1. The first-order valence-corrected chi connectivity index (χ1v) is 7.68. The van der Waals surface area contributed by atoms with E-state index < -0.39 is 17.5 Å². The van der Waals surface area contributed by atoms with Gasteiger partial charge in [-0.1, -0.05) is 0 Å². The predicted octanol–water partition coefficient (Wildman–Crippen LogP) is 2.36. The number of carbonyl (C=O) groups is 1. The Morgan fingerprint density at radius 1 is 1.08 bits per heavy atom. The number of halogens is 2. The fourth-order valence-electron chi connectivity index (χ4n) is 2.57. The highest BCUT2D eigenvalue weighted by Gasteiger charge is 2.15. The maximum Gasteiger partial charge on any atom is 0.255 e. The summed E-state index contributed by atoms with van der Waals surface area (Å²) in [7, 11) is 2.08. The first-order chi connectivity index (χ1) is 11.5. The van der Waals surface area contributed by atoms with Gasteiger partial charge in [-0.05, 0) is 31.3 Å². The minimum Gasteiger partial charge on any atom is -0.354 e. The maximum absolute atomic E-state index is 13.2. The standard InChI is InChI=1S/C17H18F2N4O/c1-22-4-6-23(7-5-22)16-3-2-15(11-20-16)21-17(24)12-8-13(18)10-14(19)9-12/h2-3,8-11H,4-7H2,1H3,(H,21,24). The van der Waals surface area contributed by atoms with Crippen LogP contribution in [-0.4, -0.2) is 49.0 Å². The third kappa shape index (κ3) is 3.86. The monoisotopic (exact) mass is 332 g/mol. The van der Waals surface area contributed by atoms with Gasteiger partial charge in [0.25, 0.3) is 5.91 Å². The number of piperazine rings is 1. The second kappa shape index (κ2) is 6.92. The lowest BCUT2D eigenvalue weighted by molar-refractivity contribution is 0.102. The molecule has 1 aromatic heterocycles. The summed E-state index contributed by atoms with van der Waals surface area (Å²) >= 11 is 0. The van der Waals surface area contributed by atoms with E-state index in [1.165, 1.54) is 0 Å². The van der Waals surface area contributed by atoms with E-state index in [1.807, 2.05) is 6.07 Å². The molecule has 3 rings (SSSR count). The van der Waals surface area contributed by atoms with E-state index in [0.29, 0.717) is 5.69 Å². The third-order valence-electron chi connectivity index (χ3n) is 3.96. The summed E-state index contributed by atoms with van der Waals surface area (Å²) in [6, 6.07) is 6.26. The van der Waals surface area contributed by atoms with Crippen molar-refractivity contribution in [1.82, 2.24) is 9.88 Å². The summed E-state index contributed by atoms with van der Waals surface area (Å²) in [4.78, 5) is 20.8. The highest BCUT2D eigenvalue weighted by molar-refractivity contribution is 6.04. The van der Waals surface area contributed by atoms with Gasteiger partial charge in [-0.3, -0.25) is 4.79 Å². The number of likely N-dealkylation sites (N-methyl/N-ethyl adjacent to an activating group) is 1. The third-order valence-corrected chi connectivity index (χ3v) is 3.96. The molecule has 1 amide bonds. The van der Waals surface area contributed by atoms with Crippen LogP contribution in [0.5, 0.6) is 0 Å². The number of nitrogens with zero attached hydrogens (tertiary/aromatic N) is 3. The summed E-state index contributed by atoms with van der Waals surface area (Å²) in [5.41, 5.74) is 0.401. The molecule has 1 fully saturated rings. The summed E-state index contributed by atoms with van der Waals surface area (Å²) in [6.45, 7) is 3.76. The summed E-state index contributed by atoms with van der Waals surface area (Å²) in [5.74, 6) is -1.31. The van der Waals surface area contributed by atoms with Crippen LogP contribution in [-0.2, 0) is 0 Å². The molecular weight excluding hydrogens is 314 g/mol. The zero-order chi connectivity index (χ0) is 17.1. The van der Waals surface area contributed by atoms with Crippen LogP contribution in [0, 0.1) is 11.6 Å². The molecule has 24 heavy (non-hydrogen) atoms. The molecule has 1 aliphatic rings. The predicted molar refractivity (Wildman–Crippen MR) is 88.3 cm³/mol. The van der Waals surface area contributed by atoms with Gasteiger partial charge in [-0.15, -0.1) is 0 Å². The number of rotatable bonds is 3. The zero-order valence-corrected chi connectivity index (χ0v) is 13.3. The van der Waals surface area contributed by atoms with E-state index in [9.17, 15) is 13.6 Å². The summed E-state index contributed by atoms with van der Waals surface area (Å²) in [5, 5.41) is 2.59. The van der Waals surface area contributed by atoms with Crippen LogP contribution >= 0.6 is 0 Å². The van der Waals surface area contributed by atoms with Crippen molar-refractivity contribution >= 4 is 17.4 Å². The molecule has 0 bridgehead atoms. The Bertz CT molecular complexity index is 708. The Morgan fingerprint density at radius 3 is 2.33 bits per heavy atom. The van der Waals surface area contributed by atoms with Gasteiger partial charge >= 0.3 is 0 Å². The van der Waals surface area contributed by atoms with Crippen molar-refractivity contribution in [2.24, 2.45) is 0 Å². The molecule has 0 atom stereocenters. The Hall–Kier alpha value is -2.54. The molecule has 0 unspecified atom stereocenters. The normalized spacial score (nSPS) is 15.4. The number of benzene rings is 1. The highest BCUT2D eigenvalue weighted by atomic mass is 19.1. The quantitative estimate of drug-likeness (QED) is 0.937. The fraction of sp³-hybridized carbons (Fsp3) is 0.294. The SMILES string of the molecule is CN1CCN(c2ccc(NC(=O)c3cc(F)cc(F)c3)cn2)CC1. The lowest BCUT2D eigenvalue weighted by Crippen LogP contribution is -2.44. The average molecular weight is 332 g/mol. The molecule has 1 saturated heterocycles. The van der Waals surface area contributed by atoms with Crippen LogP contribution in [0.1, 0.15) is 10.4 Å². The van der Waals surface area contributed by atoms with Crippen molar-refractivity contribution in [3.05, 3.63) is 53.7 Å². The van der Waals surface area contributed by atoms with Gasteiger partial charge in [-0.2, -0.15) is 0 Å². The molecule has 1 aromatic carbocycles. The number of nitrogens with one attached hydrogen (secondary N) is 1. The Labute approximate surface area is 138 Å². The van der Waals surface area contributed by atoms with Crippen molar-refractivity contribution in [1.29, 1.82) is 0 Å². The molecule has 0 aliphatic carbocycles. The van der Waals surface area contributed by atoms with Crippen LogP contribution in [0.4, 0.5) is 20.3 Å². The maximum atomic E-state index is 13.2. The van der Waals surface area contributed by atoms with Gasteiger partial charge < -0.3 is 15.1 Å². The molecule has 0 radical (unpaired) electrons. The van der Waals surface area contributed by atoms with Gasteiger partial charge in [0, 0.05) is 37.8 Å². The van der Waals surface area contributed by atoms with Crippen molar-refractivity contribution in [3.63, 3.8) is 0 Å². The molecule has 1 N–H and O–H groups in total. The van der Waals surface area contributed by atoms with E-state index in [0.717, 1.165) is 50.2 Å². The van der Waals surface area contributed by atoms with Gasteiger partial charge in [0.15, 0.2) is 0 Å². The molecule has 5 nitrogen and oxygen atoms in total. The molecule has 1 aliphatic heterocycles. The van der Waals surface area contributed by atoms with Crippen LogP contribution < -0.4 is 10.2 Å². The van der Waals surface area contributed by atoms with Crippen molar-refractivity contribution in [2.45, 2.75) is 0 Å². The van der Waals surface area contributed by atoms with E-state index in [4.69, 9.17) is 0 Å². The van der Waals surface area contributed by atoms with E-state index in [1.54, 1.807) is 12.3 Å². The minimum atomic E-state index is -0.788. The number of hydrogen-bond acceptors (Lipinski definition) is 4. The number of pyridine rings is 1. The van der Waals surface area contributed by atoms with Crippen molar-refractivity contribution < 1.29 is 13.6 Å². The molecule has 2 aromatic rings. The Kier molecular flexibility index (Phi) is 4.71. The van der Waals surface area contributed by atoms with Crippen LogP contribution in [0.25, 0.3) is 0 Å². The molecule has 7 heteroatoms. The number of amides is 1. The largest absolute Gasteiger partial charge is 0.354 e. The van der Waals surface area contributed by atoms with Crippen LogP contribution in [0.2, 0.25) is 0 Å². The first-order valence-electron chi connectivity index (χ1n) is 7.68. The average Bonchev–Trinajstić information content (AvgIpc) is 2.55. The summed E-state index contributed by atoms with van der Waals surface area (Å²) < 4.78 is 26.3. The number of anilines is 2. The topological polar surface area (TPSA) is 48.5 Å². The second-order valence-electron chi connectivity index (χ2n) is 5.81. The van der Waals surface area contributed by atoms with Crippen LogP contribution in [0.3, 0.4) is 0 Å². The van der Waals surface area contributed by atoms with Gasteiger partial charge in [0.05, 0.1) is 11.9 Å². The Morgan fingerprint density at radius 2 is 1.75 bits per heavy atom. The Balaban J connectivity index is 1.66. The second-order valence-corrected chi connectivity index (χ2v) is 5.81. The smallest absolute Gasteiger partial charge is 0.255 e. The number of hydrogen-bond donors (Lipinski definition) is 1. The lowest BCUT2D eigenvalue weighted by atomic mass is 10.2. The highest BCUT2D eigenvalue weighted by Crippen LogP contribution is 2.17. The van der Waals surface area contributed by atoms with Gasteiger partial charge in [0.2, 0.25) is 0 Å². The first kappa shape index (κ1) is 16.3. The fourth-order valence-corrected chi connectivity index (χ4v) is 2.57. The minimum absolute atomic E-state index is 0.0735. The van der Waals surface area contributed by atoms with Crippen molar-refractivity contribution in [2.75, 3.05) is 43.4 Å². The summed E-state index contributed by atoms with van der Waals surface area (Å²) in [6.07, 6.45) is 1.54. The molecular formula is C17H18F2N4O. The van der Waals surface area contributed by atoms with Crippen LogP contribution in [0.15, 0.2) is 36.5 Å². The number of carbonyl (C=O) groups excluding carboxylic acids is 1. The lowest BCUT2D eigenvalue weighted by Gasteiger charge is -2.33. The van der Waals surface area contributed by atoms with Crippen molar-refractivity contribution in [3.8, 4) is 0 Å². The molecule has 0 saturated carbocycles. The van der Waals surface area contributed by atoms with E-state index in [2.05, 4.69) is 27.1 Å². The zero-order valence-electron chi connectivity index (χ0n) is 13.3. The van der Waals surface area contributed by atoms with E-state index in [-0.39, 0.29) is 5.56 Å². The van der Waals surface area contributed by atoms with E-state index >= 15 is 0 Å². The molecule has 0 spiro atoms. The van der Waals surface area contributed by atoms with Gasteiger partial charge in [0.1, 0.15) is 17.5 Å².